The van der Waals surface area contributed by atoms with Gasteiger partial charge in [-0.2, -0.15) is 0 Å². The van der Waals surface area contributed by atoms with Crippen LogP contribution in [0.15, 0.2) is 59.7 Å². The van der Waals surface area contributed by atoms with Gasteiger partial charge in [0, 0.05) is 30.4 Å². The zero-order valence-electron chi connectivity index (χ0n) is 20.9. The number of carbonyl (C=O) groups is 1. The molecular formula is C28H26ClF2N5O3. The average Bonchev–Trinajstić information content (AvgIpc) is 3.13. The number of aromatic amines is 1. The highest BCUT2D eigenvalue weighted by Gasteiger charge is 2.43. The van der Waals surface area contributed by atoms with Crippen LogP contribution in [0.5, 0.6) is 0 Å². The van der Waals surface area contributed by atoms with E-state index >= 15 is 4.39 Å². The number of H-pyrrole nitrogens is 1. The third-order valence-electron chi connectivity index (χ3n) is 7.64. The summed E-state index contributed by atoms with van der Waals surface area (Å²) in [5.41, 5.74) is 1.30. The molecule has 4 aromatic rings. The van der Waals surface area contributed by atoms with E-state index in [0.717, 1.165) is 30.9 Å². The molecule has 0 bridgehead atoms. The molecule has 1 saturated heterocycles. The predicted octanol–water partition coefficient (Wildman–Crippen LogP) is 5.95. The molecule has 2 aliphatic rings. The first kappa shape index (κ1) is 25.5. The third kappa shape index (κ3) is 4.67. The molecule has 1 amide bonds. The van der Waals surface area contributed by atoms with Gasteiger partial charge in [-0.15, -0.1) is 0 Å². The van der Waals surface area contributed by atoms with Crippen molar-refractivity contribution in [2.24, 2.45) is 0 Å². The molecule has 1 fully saturated rings. The molecule has 3 aromatic heterocycles. The van der Waals surface area contributed by atoms with Crippen molar-refractivity contribution in [3.63, 3.8) is 0 Å². The number of rotatable bonds is 3. The van der Waals surface area contributed by atoms with Crippen LogP contribution in [0, 0.1) is 11.6 Å². The van der Waals surface area contributed by atoms with E-state index < -0.39 is 47.1 Å². The van der Waals surface area contributed by atoms with E-state index in [2.05, 4.69) is 15.0 Å². The monoisotopic (exact) mass is 553 g/mol. The van der Waals surface area contributed by atoms with Crippen molar-refractivity contribution in [3.05, 3.63) is 93.8 Å². The van der Waals surface area contributed by atoms with E-state index in [-0.39, 0.29) is 18.4 Å². The van der Waals surface area contributed by atoms with Crippen molar-refractivity contribution in [3.8, 4) is 0 Å². The minimum Gasteiger partial charge on any atom is -0.440 e. The van der Waals surface area contributed by atoms with Gasteiger partial charge in [0.1, 0.15) is 11.6 Å². The lowest BCUT2D eigenvalue weighted by molar-refractivity contribution is 0.0215. The number of piperidine rings is 1. The number of ether oxygens (including phenoxy) is 1. The van der Waals surface area contributed by atoms with E-state index in [1.807, 2.05) is 12.1 Å². The molecule has 8 nitrogen and oxygen atoms in total. The zero-order valence-corrected chi connectivity index (χ0v) is 21.7. The SMILES string of the molecule is O=C(O[C@@H]1CCCCc2cccnc21)N1C(Cl)CC(n2c(=O)[nH]c3ncccc32)C[C@@H]1c1cccc(F)c1F. The Balaban J connectivity index is 1.37. The fourth-order valence-corrected chi connectivity index (χ4v) is 6.28. The lowest BCUT2D eigenvalue weighted by Crippen LogP contribution is -2.47. The Labute approximate surface area is 227 Å². The number of alkyl halides is 1. The number of fused-ring (bicyclic) bond motifs is 2. The molecule has 1 N–H and O–H groups in total. The Bertz CT molecular complexity index is 1590. The molecule has 0 spiro atoms. The summed E-state index contributed by atoms with van der Waals surface area (Å²) in [6.45, 7) is 0. The van der Waals surface area contributed by atoms with Gasteiger partial charge in [-0.1, -0.05) is 29.8 Å². The molecule has 2 unspecified atom stereocenters. The number of nitrogens with one attached hydrogen (secondary N) is 1. The standard InChI is InChI=1S/C28H26ClF2N5O3/c29-23-15-17(35-20-10-5-13-33-26(20)34-27(35)37)14-21(18-8-3-9-19(30)24(18)31)36(23)28(38)39-22-11-2-1-6-16-7-4-12-32-25(16)22/h3-5,7-10,12-13,17,21-23H,1-2,6,11,14-15H2,(H,33,34,37)/t17?,21-,22-,23?/m1/s1. The number of aryl methyl sites for hydroxylation is 1. The van der Waals surface area contributed by atoms with E-state index in [0.29, 0.717) is 23.3 Å². The number of amides is 1. The van der Waals surface area contributed by atoms with Crippen LogP contribution in [-0.4, -0.2) is 36.0 Å². The molecule has 39 heavy (non-hydrogen) atoms. The maximum absolute atomic E-state index is 15.2. The Morgan fingerprint density at radius 3 is 2.74 bits per heavy atom. The molecule has 0 radical (unpaired) electrons. The summed E-state index contributed by atoms with van der Waals surface area (Å²) >= 11 is 6.83. The van der Waals surface area contributed by atoms with Crippen molar-refractivity contribution in [2.45, 2.75) is 62.2 Å². The first-order valence-electron chi connectivity index (χ1n) is 13.0. The smallest absolute Gasteiger partial charge is 0.412 e. The van der Waals surface area contributed by atoms with E-state index in [1.54, 1.807) is 24.5 Å². The minimum atomic E-state index is -1.07. The van der Waals surface area contributed by atoms with E-state index in [9.17, 15) is 14.0 Å². The summed E-state index contributed by atoms with van der Waals surface area (Å²) in [4.78, 5) is 39.3. The third-order valence-corrected chi connectivity index (χ3v) is 8.03. The van der Waals surface area contributed by atoms with Crippen molar-refractivity contribution >= 4 is 28.9 Å². The van der Waals surface area contributed by atoms with Gasteiger partial charge in [0.05, 0.1) is 17.3 Å². The Morgan fingerprint density at radius 1 is 1.05 bits per heavy atom. The summed E-state index contributed by atoms with van der Waals surface area (Å²) in [7, 11) is 0. The van der Waals surface area contributed by atoms with Gasteiger partial charge in [-0.25, -0.2) is 23.4 Å². The number of hydrogen-bond donors (Lipinski definition) is 1. The molecule has 1 aromatic carbocycles. The number of carbonyl (C=O) groups excluding carboxylic acids is 1. The van der Waals surface area contributed by atoms with E-state index in [1.165, 1.54) is 21.6 Å². The quantitative estimate of drug-likeness (QED) is 0.192. The first-order valence-corrected chi connectivity index (χ1v) is 13.4. The molecule has 4 heterocycles. The van der Waals surface area contributed by atoms with Gasteiger partial charge < -0.3 is 4.74 Å². The lowest BCUT2D eigenvalue weighted by Gasteiger charge is -2.43. The van der Waals surface area contributed by atoms with Crippen LogP contribution in [-0.2, 0) is 11.2 Å². The molecule has 1 aliphatic heterocycles. The minimum absolute atomic E-state index is 0.0345. The molecule has 202 valence electrons. The van der Waals surface area contributed by atoms with Gasteiger partial charge in [-0.05, 0) is 61.9 Å². The van der Waals surface area contributed by atoms with Crippen LogP contribution in [0.2, 0.25) is 0 Å². The van der Waals surface area contributed by atoms with Crippen LogP contribution < -0.4 is 5.69 Å². The van der Waals surface area contributed by atoms with Crippen LogP contribution in [0.4, 0.5) is 13.6 Å². The number of aromatic nitrogens is 4. The summed E-state index contributed by atoms with van der Waals surface area (Å²) in [6, 6.07) is 9.61. The summed E-state index contributed by atoms with van der Waals surface area (Å²) in [5, 5.41) is 0. The fraction of sp³-hybridized carbons (Fsp3) is 0.357. The molecule has 11 heteroatoms. The summed E-state index contributed by atoms with van der Waals surface area (Å²) in [6.07, 6.45) is 5.43. The summed E-state index contributed by atoms with van der Waals surface area (Å²) in [5.74, 6) is -2.11. The zero-order chi connectivity index (χ0) is 27.1. The molecule has 6 rings (SSSR count). The van der Waals surface area contributed by atoms with Gasteiger partial charge in [0.15, 0.2) is 17.3 Å². The second-order valence-corrected chi connectivity index (χ2v) is 10.5. The maximum Gasteiger partial charge on any atom is 0.412 e. The Morgan fingerprint density at radius 2 is 1.87 bits per heavy atom. The highest BCUT2D eigenvalue weighted by molar-refractivity contribution is 6.21. The van der Waals surface area contributed by atoms with Crippen molar-refractivity contribution in [1.29, 1.82) is 0 Å². The molecule has 0 saturated carbocycles. The molecule has 4 atom stereocenters. The van der Waals surface area contributed by atoms with E-state index in [4.69, 9.17) is 16.3 Å². The predicted molar refractivity (Wildman–Crippen MR) is 140 cm³/mol. The second-order valence-electron chi connectivity index (χ2n) is 9.96. The number of halogens is 3. The topological polar surface area (TPSA) is 93.1 Å². The number of benzene rings is 1. The number of likely N-dealkylation sites (tertiary alicyclic amines) is 1. The van der Waals surface area contributed by atoms with Crippen LogP contribution >= 0.6 is 11.6 Å². The first-order chi connectivity index (χ1) is 18.9. The number of pyridine rings is 2. The van der Waals surface area contributed by atoms with Gasteiger partial charge in [0.25, 0.3) is 0 Å². The normalized spacial score (nSPS) is 23.3. The number of hydrogen-bond acceptors (Lipinski definition) is 5. The van der Waals surface area contributed by atoms with Crippen molar-refractivity contribution in [1.82, 2.24) is 24.4 Å². The average molecular weight is 554 g/mol. The van der Waals surface area contributed by atoms with Crippen LogP contribution in [0.3, 0.4) is 0 Å². The number of nitrogens with zero attached hydrogens (tertiary/aromatic N) is 4. The number of imidazole rings is 1. The fourth-order valence-electron chi connectivity index (χ4n) is 5.86. The molecule has 1 aliphatic carbocycles. The van der Waals surface area contributed by atoms with Gasteiger partial charge >= 0.3 is 11.8 Å². The van der Waals surface area contributed by atoms with Gasteiger partial charge in [0.2, 0.25) is 0 Å². The Hall–Kier alpha value is -3.79. The van der Waals surface area contributed by atoms with Crippen molar-refractivity contribution in [2.75, 3.05) is 0 Å². The highest BCUT2D eigenvalue weighted by Crippen LogP contribution is 2.44. The highest BCUT2D eigenvalue weighted by atomic mass is 35.5. The van der Waals surface area contributed by atoms with Crippen LogP contribution in [0.25, 0.3) is 11.2 Å². The largest absolute Gasteiger partial charge is 0.440 e. The van der Waals surface area contributed by atoms with Crippen molar-refractivity contribution < 1.29 is 18.3 Å². The van der Waals surface area contributed by atoms with Crippen LogP contribution in [0.1, 0.15) is 67.1 Å². The van der Waals surface area contributed by atoms with Gasteiger partial charge in [-0.3, -0.25) is 19.4 Å². The maximum atomic E-state index is 15.2. The summed E-state index contributed by atoms with van der Waals surface area (Å²) < 4.78 is 37.0. The second kappa shape index (κ2) is 10.4. The lowest BCUT2D eigenvalue weighted by atomic mass is 9.91. The molecular weight excluding hydrogens is 528 g/mol. The Kier molecular flexibility index (Phi) is 6.80.